The minimum absolute atomic E-state index is 0.00786. The van der Waals surface area contributed by atoms with Crippen LogP contribution in [0.4, 0.5) is 0 Å². The van der Waals surface area contributed by atoms with Crippen LogP contribution in [0.15, 0.2) is 27.8 Å². The van der Waals surface area contributed by atoms with Gasteiger partial charge in [-0.3, -0.25) is 0 Å². The van der Waals surface area contributed by atoms with Crippen LogP contribution in [0.25, 0.3) is 0 Å². The number of nitrogens with two attached hydrogens (primary N) is 1. The second kappa shape index (κ2) is 6.06. The Morgan fingerprint density at radius 3 is 2.94 bits per heavy atom. The summed E-state index contributed by atoms with van der Waals surface area (Å²) in [5, 5.41) is 11.7. The Kier molecular flexibility index (Phi) is 4.43. The van der Waals surface area contributed by atoms with Gasteiger partial charge in [0, 0.05) is 4.47 Å². The largest absolute Gasteiger partial charge is 0.467 e. The van der Waals surface area contributed by atoms with Gasteiger partial charge in [-0.05, 0) is 37.0 Å². The lowest BCUT2D eigenvalue weighted by atomic mass is 10.2. The van der Waals surface area contributed by atoms with Gasteiger partial charge in [0.15, 0.2) is 12.6 Å². The zero-order chi connectivity index (χ0) is 13.0. The zero-order valence-corrected chi connectivity index (χ0v) is 11.4. The molecular weight excluding hydrogens is 300 g/mol. The summed E-state index contributed by atoms with van der Waals surface area (Å²) in [6.07, 6.45) is 2.49. The van der Waals surface area contributed by atoms with Crippen molar-refractivity contribution in [3.8, 4) is 5.75 Å². The molecule has 0 atom stereocenters. The fraction of sp³-hybridized carbons (Fsp3) is 0.417. The van der Waals surface area contributed by atoms with Crippen LogP contribution < -0.4 is 10.5 Å². The van der Waals surface area contributed by atoms with E-state index in [0.717, 1.165) is 11.1 Å². The summed E-state index contributed by atoms with van der Waals surface area (Å²) in [6.45, 7) is 0.902. The maximum absolute atomic E-state index is 8.72. The molecule has 6 heteroatoms. The molecule has 1 aliphatic carbocycles. The van der Waals surface area contributed by atoms with Crippen molar-refractivity contribution < 1.29 is 14.7 Å². The molecule has 2 rings (SSSR count). The number of hydrogen-bond donors (Lipinski definition) is 2. The molecule has 1 fully saturated rings. The van der Waals surface area contributed by atoms with Crippen LogP contribution in [-0.2, 0) is 4.74 Å². The summed E-state index contributed by atoms with van der Waals surface area (Å²) < 4.78 is 11.7. The number of hydrogen-bond acceptors (Lipinski definition) is 4. The van der Waals surface area contributed by atoms with E-state index in [0.29, 0.717) is 17.2 Å². The van der Waals surface area contributed by atoms with E-state index in [1.807, 2.05) is 6.07 Å². The summed E-state index contributed by atoms with van der Waals surface area (Å²) in [5.41, 5.74) is 6.11. The van der Waals surface area contributed by atoms with Crippen molar-refractivity contribution in [2.24, 2.45) is 16.8 Å². The van der Waals surface area contributed by atoms with Crippen molar-refractivity contribution >= 4 is 21.8 Å². The highest BCUT2D eigenvalue weighted by molar-refractivity contribution is 9.10. The first-order valence-electron chi connectivity index (χ1n) is 5.68. The van der Waals surface area contributed by atoms with Gasteiger partial charge in [0.05, 0.1) is 12.2 Å². The molecule has 98 valence electrons. The fourth-order valence-corrected chi connectivity index (χ4v) is 1.85. The highest BCUT2D eigenvalue weighted by Gasteiger charge is 2.21. The molecule has 1 saturated carbocycles. The summed E-state index contributed by atoms with van der Waals surface area (Å²) in [5.74, 6) is 1.24. The molecule has 1 aromatic rings. The van der Waals surface area contributed by atoms with E-state index >= 15 is 0 Å². The van der Waals surface area contributed by atoms with E-state index in [1.165, 1.54) is 12.8 Å². The summed E-state index contributed by atoms with van der Waals surface area (Å²) >= 11 is 3.32. The predicted octanol–water partition coefficient (Wildman–Crippen LogP) is 2.31. The fourth-order valence-electron chi connectivity index (χ4n) is 1.49. The van der Waals surface area contributed by atoms with Crippen LogP contribution in [0, 0.1) is 5.92 Å². The maximum atomic E-state index is 8.72. The minimum atomic E-state index is 0.00786. The Bertz CT molecular complexity index is 447. The molecule has 0 bridgehead atoms. The number of rotatable bonds is 6. The predicted molar refractivity (Wildman–Crippen MR) is 70.8 cm³/mol. The lowest BCUT2D eigenvalue weighted by Crippen LogP contribution is -2.16. The van der Waals surface area contributed by atoms with E-state index in [1.54, 1.807) is 12.1 Å². The van der Waals surface area contributed by atoms with E-state index in [9.17, 15) is 0 Å². The Labute approximate surface area is 114 Å². The van der Waals surface area contributed by atoms with Crippen LogP contribution >= 0.6 is 15.9 Å². The summed E-state index contributed by atoms with van der Waals surface area (Å²) in [6, 6.07) is 5.30. The smallest absolute Gasteiger partial charge is 0.189 e. The van der Waals surface area contributed by atoms with Crippen LogP contribution in [0.5, 0.6) is 5.75 Å². The van der Waals surface area contributed by atoms with Crippen molar-refractivity contribution in [3.63, 3.8) is 0 Å². The van der Waals surface area contributed by atoms with E-state index in [4.69, 9.17) is 20.4 Å². The number of amidine groups is 1. The van der Waals surface area contributed by atoms with Gasteiger partial charge in [0.25, 0.3) is 0 Å². The highest BCUT2D eigenvalue weighted by Crippen LogP contribution is 2.29. The molecule has 18 heavy (non-hydrogen) atoms. The van der Waals surface area contributed by atoms with Crippen LogP contribution in [0.3, 0.4) is 0 Å². The van der Waals surface area contributed by atoms with Crippen molar-refractivity contribution in [2.75, 3.05) is 13.4 Å². The molecule has 0 amide bonds. The molecule has 1 aromatic carbocycles. The maximum Gasteiger partial charge on any atom is 0.189 e. The molecule has 1 aliphatic rings. The standard InChI is InChI=1S/C12H15BrN2O3/c13-9-3-4-11(10(5-9)12(14)15-16)18-7-17-6-8-1-2-8/h3-5,8,16H,1-2,6-7H2,(H2,14,15). The van der Waals surface area contributed by atoms with E-state index in [2.05, 4.69) is 21.1 Å². The Morgan fingerprint density at radius 2 is 2.28 bits per heavy atom. The van der Waals surface area contributed by atoms with Gasteiger partial charge >= 0.3 is 0 Å². The molecule has 3 N–H and O–H groups in total. The molecule has 0 saturated heterocycles. The summed E-state index contributed by atoms with van der Waals surface area (Å²) in [7, 11) is 0. The minimum Gasteiger partial charge on any atom is -0.467 e. The molecule has 0 aromatic heterocycles. The van der Waals surface area contributed by atoms with Gasteiger partial charge in [-0.2, -0.15) is 0 Å². The van der Waals surface area contributed by atoms with E-state index in [-0.39, 0.29) is 12.6 Å². The third-order valence-electron chi connectivity index (χ3n) is 2.67. The van der Waals surface area contributed by atoms with Gasteiger partial charge in [-0.25, -0.2) is 0 Å². The Hall–Kier alpha value is -1.27. The van der Waals surface area contributed by atoms with Gasteiger partial charge in [-0.1, -0.05) is 21.1 Å². The highest BCUT2D eigenvalue weighted by atomic mass is 79.9. The lowest BCUT2D eigenvalue weighted by molar-refractivity contribution is 0.00986. The average Bonchev–Trinajstić information content (AvgIpc) is 3.19. The van der Waals surface area contributed by atoms with Crippen LogP contribution in [0.2, 0.25) is 0 Å². The topological polar surface area (TPSA) is 77.1 Å². The molecule has 0 radical (unpaired) electrons. The molecule has 0 aliphatic heterocycles. The van der Waals surface area contributed by atoms with E-state index < -0.39 is 0 Å². The molecule has 0 heterocycles. The Balaban J connectivity index is 1.96. The molecular formula is C12H15BrN2O3. The normalized spacial score (nSPS) is 15.7. The number of nitrogens with zero attached hydrogens (tertiary/aromatic N) is 1. The summed E-state index contributed by atoms with van der Waals surface area (Å²) in [4.78, 5) is 0. The SMILES string of the molecule is N/C(=N/O)c1cc(Br)ccc1OCOCC1CC1. The van der Waals surface area contributed by atoms with Crippen molar-refractivity contribution in [2.45, 2.75) is 12.8 Å². The third kappa shape index (κ3) is 3.61. The molecule has 0 unspecified atom stereocenters. The first kappa shape index (κ1) is 13.2. The number of ether oxygens (including phenoxy) is 2. The van der Waals surface area contributed by atoms with Crippen LogP contribution in [0.1, 0.15) is 18.4 Å². The van der Waals surface area contributed by atoms with Crippen molar-refractivity contribution in [3.05, 3.63) is 28.2 Å². The van der Waals surface area contributed by atoms with Gasteiger partial charge < -0.3 is 20.4 Å². The van der Waals surface area contributed by atoms with Crippen molar-refractivity contribution in [1.29, 1.82) is 0 Å². The quantitative estimate of drug-likeness (QED) is 0.211. The number of oxime groups is 1. The lowest BCUT2D eigenvalue weighted by Gasteiger charge is -2.11. The van der Waals surface area contributed by atoms with Gasteiger partial charge in [-0.15, -0.1) is 0 Å². The van der Waals surface area contributed by atoms with Gasteiger partial charge in [0.2, 0.25) is 0 Å². The second-order valence-corrected chi connectivity index (χ2v) is 5.12. The van der Waals surface area contributed by atoms with Crippen molar-refractivity contribution in [1.82, 2.24) is 0 Å². The zero-order valence-electron chi connectivity index (χ0n) is 9.80. The monoisotopic (exact) mass is 314 g/mol. The van der Waals surface area contributed by atoms with Crippen LogP contribution in [-0.4, -0.2) is 24.4 Å². The number of benzene rings is 1. The molecule has 0 spiro atoms. The second-order valence-electron chi connectivity index (χ2n) is 4.20. The van der Waals surface area contributed by atoms with Gasteiger partial charge in [0.1, 0.15) is 5.75 Å². The first-order chi connectivity index (χ1) is 8.70. The third-order valence-corrected chi connectivity index (χ3v) is 3.17. The Morgan fingerprint density at radius 1 is 1.50 bits per heavy atom. The average molecular weight is 315 g/mol. The number of halogens is 1. The molecule has 5 nitrogen and oxygen atoms in total. The first-order valence-corrected chi connectivity index (χ1v) is 6.48.